The van der Waals surface area contributed by atoms with E-state index in [-0.39, 0.29) is 24.9 Å². The first-order valence-corrected chi connectivity index (χ1v) is 5.79. The maximum absolute atomic E-state index is 12.1. The van der Waals surface area contributed by atoms with Gasteiger partial charge >= 0.3 is 5.97 Å². The maximum Gasteiger partial charge on any atom is 0.305 e. The van der Waals surface area contributed by atoms with Gasteiger partial charge < -0.3 is 20.5 Å². The van der Waals surface area contributed by atoms with E-state index in [4.69, 9.17) is 15.6 Å². The number of hydrogen-bond donors (Lipinski definition) is 2. The fourth-order valence-electron chi connectivity index (χ4n) is 1.79. The van der Waals surface area contributed by atoms with Crippen LogP contribution in [0, 0.1) is 5.92 Å². The van der Waals surface area contributed by atoms with Crippen molar-refractivity contribution < 1.29 is 19.4 Å². The van der Waals surface area contributed by atoms with Gasteiger partial charge in [-0.25, -0.2) is 0 Å². The molecule has 1 fully saturated rings. The number of nitrogens with zero attached hydrogens (tertiary/aromatic N) is 1. The van der Waals surface area contributed by atoms with Crippen molar-refractivity contribution in [1.82, 2.24) is 4.90 Å². The van der Waals surface area contributed by atoms with Crippen molar-refractivity contribution in [3.05, 3.63) is 0 Å². The molecule has 1 heterocycles. The highest BCUT2D eigenvalue weighted by molar-refractivity contribution is 5.83. The number of aliphatic carboxylic acids is 1. The zero-order chi connectivity index (χ0) is 13.0. The Hall–Kier alpha value is -1.14. The van der Waals surface area contributed by atoms with Crippen molar-refractivity contribution in [2.75, 3.05) is 19.8 Å². The van der Waals surface area contributed by atoms with Crippen molar-refractivity contribution in [3.63, 3.8) is 0 Å². The molecule has 6 nitrogen and oxygen atoms in total. The molecule has 0 saturated carbocycles. The highest BCUT2D eigenvalue weighted by Gasteiger charge is 2.32. The Morgan fingerprint density at radius 3 is 2.71 bits per heavy atom. The SMILES string of the molecule is CC(C)[C@H](N)C(=O)N1CCOCC1CC(=O)O. The Bertz CT molecular complexity index is 293. The average Bonchev–Trinajstić information content (AvgIpc) is 2.27. The number of nitrogens with two attached hydrogens (primary N) is 1. The van der Waals surface area contributed by atoms with Gasteiger partial charge in [-0.1, -0.05) is 13.8 Å². The standard InChI is InChI=1S/C11H20N2O4/c1-7(2)10(12)11(16)13-3-4-17-6-8(13)5-9(14)15/h7-8,10H,3-6,12H2,1-2H3,(H,14,15)/t8?,10-/m0/s1. The number of rotatable bonds is 4. The summed E-state index contributed by atoms with van der Waals surface area (Å²) in [6.45, 7) is 4.86. The van der Waals surface area contributed by atoms with Gasteiger partial charge in [0.05, 0.1) is 31.7 Å². The number of morpholine rings is 1. The molecule has 1 rings (SSSR count). The predicted molar refractivity (Wildman–Crippen MR) is 61.4 cm³/mol. The number of carboxylic acid groups (broad SMARTS) is 1. The molecule has 0 aromatic carbocycles. The minimum absolute atomic E-state index is 0.0378. The summed E-state index contributed by atoms with van der Waals surface area (Å²) in [5, 5.41) is 8.79. The quantitative estimate of drug-likeness (QED) is 0.706. The Morgan fingerprint density at radius 1 is 1.53 bits per heavy atom. The first kappa shape index (κ1) is 13.9. The molecule has 1 unspecified atom stereocenters. The lowest BCUT2D eigenvalue weighted by Crippen LogP contribution is -2.55. The minimum Gasteiger partial charge on any atom is -0.481 e. The van der Waals surface area contributed by atoms with Gasteiger partial charge in [0.15, 0.2) is 0 Å². The topological polar surface area (TPSA) is 92.9 Å². The number of carbonyl (C=O) groups is 2. The molecule has 1 aliphatic heterocycles. The van der Waals surface area contributed by atoms with Crippen LogP contribution in [-0.2, 0) is 14.3 Å². The predicted octanol–water partition coefficient (Wildman–Crippen LogP) is -0.328. The van der Waals surface area contributed by atoms with Gasteiger partial charge in [-0.3, -0.25) is 9.59 Å². The van der Waals surface area contributed by atoms with Gasteiger partial charge in [0.2, 0.25) is 5.91 Å². The van der Waals surface area contributed by atoms with Gasteiger partial charge in [-0.15, -0.1) is 0 Å². The van der Waals surface area contributed by atoms with E-state index < -0.39 is 18.1 Å². The number of carbonyl (C=O) groups excluding carboxylic acids is 1. The van der Waals surface area contributed by atoms with E-state index in [0.29, 0.717) is 13.2 Å². The smallest absolute Gasteiger partial charge is 0.305 e. The summed E-state index contributed by atoms with van der Waals surface area (Å²) >= 11 is 0. The second-order valence-corrected chi connectivity index (χ2v) is 4.63. The Labute approximate surface area is 101 Å². The van der Waals surface area contributed by atoms with Crippen molar-refractivity contribution in [1.29, 1.82) is 0 Å². The number of hydrogen-bond acceptors (Lipinski definition) is 4. The molecule has 0 aliphatic carbocycles. The van der Waals surface area contributed by atoms with Crippen molar-refractivity contribution >= 4 is 11.9 Å². The van der Waals surface area contributed by atoms with Gasteiger partial charge in [0.25, 0.3) is 0 Å². The molecule has 0 spiro atoms. The first-order chi connectivity index (χ1) is 7.93. The van der Waals surface area contributed by atoms with E-state index >= 15 is 0 Å². The maximum atomic E-state index is 12.1. The Morgan fingerprint density at radius 2 is 2.18 bits per heavy atom. The molecule has 98 valence electrons. The molecule has 0 radical (unpaired) electrons. The zero-order valence-corrected chi connectivity index (χ0v) is 10.3. The Balaban J connectivity index is 2.70. The number of carboxylic acids is 1. The largest absolute Gasteiger partial charge is 0.481 e. The van der Waals surface area contributed by atoms with Crippen LogP contribution in [0.25, 0.3) is 0 Å². The summed E-state index contributed by atoms with van der Waals surface area (Å²) in [6.07, 6.45) is -0.101. The molecule has 0 aromatic heterocycles. The summed E-state index contributed by atoms with van der Waals surface area (Å²) in [4.78, 5) is 24.3. The highest BCUT2D eigenvalue weighted by atomic mass is 16.5. The van der Waals surface area contributed by atoms with Crippen molar-refractivity contribution in [2.24, 2.45) is 11.7 Å². The van der Waals surface area contributed by atoms with Gasteiger partial charge in [-0.2, -0.15) is 0 Å². The Kier molecular flexibility index (Phi) is 4.89. The molecule has 1 aliphatic rings. The highest BCUT2D eigenvalue weighted by Crippen LogP contribution is 2.14. The van der Waals surface area contributed by atoms with Gasteiger partial charge in [0, 0.05) is 6.54 Å². The normalized spacial score (nSPS) is 22.6. The van der Waals surface area contributed by atoms with Crippen LogP contribution in [0.5, 0.6) is 0 Å². The first-order valence-electron chi connectivity index (χ1n) is 5.79. The summed E-state index contributed by atoms with van der Waals surface area (Å²) < 4.78 is 5.21. The molecule has 1 saturated heterocycles. The fourth-order valence-corrected chi connectivity index (χ4v) is 1.79. The van der Waals surface area contributed by atoms with Crippen LogP contribution < -0.4 is 5.73 Å². The summed E-state index contributed by atoms with van der Waals surface area (Å²) in [7, 11) is 0. The van der Waals surface area contributed by atoms with Gasteiger partial charge in [-0.05, 0) is 5.92 Å². The van der Waals surface area contributed by atoms with Crippen LogP contribution in [0.1, 0.15) is 20.3 Å². The van der Waals surface area contributed by atoms with E-state index in [1.165, 1.54) is 0 Å². The van der Waals surface area contributed by atoms with Crippen LogP contribution in [0.15, 0.2) is 0 Å². The van der Waals surface area contributed by atoms with E-state index in [2.05, 4.69) is 0 Å². The van der Waals surface area contributed by atoms with E-state index in [0.717, 1.165) is 0 Å². The summed E-state index contributed by atoms with van der Waals surface area (Å²) in [5.41, 5.74) is 5.80. The van der Waals surface area contributed by atoms with Crippen LogP contribution >= 0.6 is 0 Å². The molecular formula is C11H20N2O4. The third kappa shape index (κ3) is 3.67. The van der Waals surface area contributed by atoms with Crippen LogP contribution in [-0.4, -0.2) is 53.7 Å². The zero-order valence-electron chi connectivity index (χ0n) is 10.3. The molecular weight excluding hydrogens is 224 g/mol. The lowest BCUT2D eigenvalue weighted by molar-refractivity contribution is -0.147. The van der Waals surface area contributed by atoms with E-state index in [9.17, 15) is 9.59 Å². The van der Waals surface area contributed by atoms with E-state index in [1.807, 2.05) is 13.8 Å². The molecule has 1 amide bonds. The third-order valence-corrected chi connectivity index (χ3v) is 2.92. The second-order valence-electron chi connectivity index (χ2n) is 4.63. The average molecular weight is 244 g/mol. The van der Waals surface area contributed by atoms with Crippen LogP contribution in [0.3, 0.4) is 0 Å². The molecule has 17 heavy (non-hydrogen) atoms. The molecule has 0 bridgehead atoms. The minimum atomic E-state index is -0.934. The lowest BCUT2D eigenvalue weighted by atomic mass is 10.0. The molecule has 0 aromatic rings. The lowest BCUT2D eigenvalue weighted by Gasteiger charge is -2.37. The van der Waals surface area contributed by atoms with E-state index in [1.54, 1.807) is 4.90 Å². The number of ether oxygens (including phenoxy) is 1. The second kappa shape index (κ2) is 5.97. The molecule has 6 heteroatoms. The van der Waals surface area contributed by atoms with Crippen molar-refractivity contribution in [2.45, 2.75) is 32.4 Å². The van der Waals surface area contributed by atoms with Crippen LogP contribution in [0.2, 0.25) is 0 Å². The third-order valence-electron chi connectivity index (χ3n) is 2.92. The molecule has 3 N–H and O–H groups in total. The number of amides is 1. The van der Waals surface area contributed by atoms with Crippen LogP contribution in [0.4, 0.5) is 0 Å². The fraction of sp³-hybridized carbons (Fsp3) is 0.818. The monoisotopic (exact) mass is 244 g/mol. The summed E-state index contributed by atoms with van der Waals surface area (Å²) in [6, 6.07) is -0.983. The summed E-state index contributed by atoms with van der Waals surface area (Å²) in [5.74, 6) is -1.08. The van der Waals surface area contributed by atoms with Gasteiger partial charge in [0.1, 0.15) is 0 Å². The molecule has 2 atom stereocenters. The van der Waals surface area contributed by atoms with Crippen molar-refractivity contribution in [3.8, 4) is 0 Å².